The second-order valence-electron chi connectivity index (χ2n) is 4.79. The Bertz CT molecular complexity index is 306. The van der Waals surface area contributed by atoms with Crippen LogP contribution in [-0.4, -0.2) is 16.3 Å². The Hall–Kier alpha value is -0.830. The molecular formula is C12H21N3. The Balaban J connectivity index is 2.01. The maximum Gasteiger partial charge on any atom is 0.0522 e. The van der Waals surface area contributed by atoms with Crippen LogP contribution in [0.4, 0.5) is 0 Å². The van der Waals surface area contributed by atoms with E-state index in [0.717, 1.165) is 12.3 Å². The normalized spacial score (nSPS) is 26.8. The molecule has 0 radical (unpaired) electrons. The maximum absolute atomic E-state index is 5.53. The monoisotopic (exact) mass is 207 g/mol. The van der Waals surface area contributed by atoms with Gasteiger partial charge in [-0.3, -0.25) is 4.68 Å². The van der Waals surface area contributed by atoms with E-state index in [9.17, 15) is 0 Å². The zero-order chi connectivity index (χ0) is 10.7. The largest absolute Gasteiger partial charge is 0.330 e. The molecule has 0 spiro atoms. The molecule has 2 rings (SSSR count). The molecular weight excluding hydrogens is 186 g/mol. The lowest BCUT2D eigenvalue weighted by Gasteiger charge is -2.26. The summed E-state index contributed by atoms with van der Waals surface area (Å²) in [5, 5.41) is 4.45. The molecule has 1 fully saturated rings. The van der Waals surface area contributed by atoms with Crippen molar-refractivity contribution in [3.05, 3.63) is 18.0 Å². The first-order chi connectivity index (χ1) is 7.29. The van der Waals surface area contributed by atoms with Gasteiger partial charge in [-0.15, -0.1) is 0 Å². The fourth-order valence-electron chi connectivity index (χ4n) is 2.52. The van der Waals surface area contributed by atoms with Crippen molar-refractivity contribution in [2.75, 3.05) is 6.54 Å². The summed E-state index contributed by atoms with van der Waals surface area (Å²) >= 11 is 0. The second-order valence-corrected chi connectivity index (χ2v) is 4.79. The second kappa shape index (κ2) is 4.79. The van der Waals surface area contributed by atoms with Crippen molar-refractivity contribution in [3.8, 4) is 0 Å². The summed E-state index contributed by atoms with van der Waals surface area (Å²) in [6, 6.07) is 0.625. The van der Waals surface area contributed by atoms with Crippen LogP contribution in [0.5, 0.6) is 0 Å². The van der Waals surface area contributed by atoms with Crippen molar-refractivity contribution in [2.24, 2.45) is 11.7 Å². The summed E-state index contributed by atoms with van der Waals surface area (Å²) in [7, 11) is 0. The molecule has 1 saturated carbocycles. The van der Waals surface area contributed by atoms with E-state index in [4.69, 9.17) is 5.73 Å². The minimum atomic E-state index is 0.625. The third-order valence-electron chi connectivity index (χ3n) is 3.37. The minimum Gasteiger partial charge on any atom is -0.330 e. The highest BCUT2D eigenvalue weighted by atomic mass is 15.3. The topological polar surface area (TPSA) is 43.8 Å². The Morgan fingerprint density at radius 2 is 2.40 bits per heavy atom. The van der Waals surface area contributed by atoms with Crippen LogP contribution >= 0.6 is 0 Å². The molecule has 84 valence electrons. The first-order valence-electron chi connectivity index (χ1n) is 6.02. The molecule has 0 bridgehead atoms. The fourth-order valence-corrected chi connectivity index (χ4v) is 2.52. The molecule has 15 heavy (non-hydrogen) atoms. The van der Waals surface area contributed by atoms with Gasteiger partial charge in [-0.25, -0.2) is 0 Å². The van der Waals surface area contributed by atoms with Crippen molar-refractivity contribution >= 4 is 0 Å². The number of hydrogen-bond acceptors (Lipinski definition) is 2. The van der Waals surface area contributed by atoms with Gasteiger partial charge in [0.25, 0.3) is 0 Å². The van der Waals surface area contributed by atoms with E-state index in [-0.39, 0.29) is 0 Å². The maximum atomic E-state index is 5.53. The van der Waals surface area contributed by atoms with Crippen molar-refractivity contribution in [1.29, 1.82) is 0 Å². The average Bonchev–Trinajstić information content (AvgIpc) is 2.67. The molecule has 2 unspecified atom stereocenters. The predicted octanol–water partition coefficient (Wildman–Crippen LogP) is 2.14. The van der Waals surface area contributed by atoms with Gasteiger partial charge in [-0.2, -0.15) is 5.10 Å². The number of hydrogen-bond donors (Lipinski definition) is 1. The van der Waals surface area contributed by atoms with Crippen LogP contribution in [0.25, 0.3) is 0 Å². The van der Waals surface area contributed by atoms with Crippen molar-refractivity contribution in [2.45, 2.75) is 45.1 Å². The molecule has 0 amide bonds. The zero-order valence-corrected chi connectivity index (χ0v) is 9.52. The Morgan fingerprint density at radius 3 is 3.13 bits per heavy atom. The molecule has 0 aliphatic heterocycles. The molecule has 1 aliphatic rings. The summed E-state index contributed by atoms with van der Waals surface area (Å²) in [5.74, 6) is 0.853. The lowest BCUT2D eigenvalue weighted by Crippen LogP contribution is -2.17. The lowest BCUT2D eigenvalue weighted by atomic mass is 9.87. The van der Waals surface area contributed by atoms with Crippen LogP contribution in [0.1, 0.15) is 44.2 Å². The van der Waals surface area contributed by atoms with Crippen LogP contribution in [0.15, 0.2) is 12.4 Å². The third-order valence-corrected chi connectivity index (χ3v) is 3.37. The van der Waals surface area contributed by atoms with Crippen molar-refractivity contribution < 1.29 is 0 Å². The fraction of sp³-hybridized carbons (Fsp3) is 0.750. The quantitative estimate of drug-likeness (QED) is 0.825. The molecule has 1 aromatic heterocycles. The van der Waals surface area contributed by atoms with E-state index in [1.54, 1.807) is 0 Å². The minimum absolute atomic E-state index is 0.625. The van der Waals surface area contributed by atoms with Gasteiger partial charge in [-0.05, 0) is 37.3 Å². The standard InChI is InChI=1S/C12H21N3/c1-10-3-2-4-12(7-10)15-9-11(5-6-13)8-14-15/h8-10,12H,2-7,13H2,1H3. The van der Waals surface area contributed by atoms with E-state index in [0.29, 0.717) is 12.6 Å². The van der Waals surface area contributed by atoms with Crippen molar-refractivity contribution in [1.82, 2.24) is 9.78 Å². The first-order valence-corrected chi connectivity index (χ1v) is 6.02. The first kappa shape index (κ1) is 10.7. The van der Waals surface area contributed by atoms with Crippen LogP contribution in [0, 0.1) is 5.92 Å². The Morgan fingerprint density at radius 1 is 1.53 bits per heavy atom. The van der Waals surface area contributed by atoms with E-state index in [1.165, 1.54) is 31.2 Å². The van der Waals surface area contributed by atoms with Crippen LogP contribution in [-0.2, 0) is 6.42 Å². The van der Waals surface area contributed by atoms with Gasteiger partial charge in [0, 0.05) is 6.20 Å². The third kappa shape index (κ3) is 2.59. The molecule has 1 heterocycles. The van der Waals surface area contributed by atoms with Gasteiger partial charge < -0.3 is 5.73 Å². The Kier molecular flexibility index (Phi) is 3.41. The molecule has 3 heteroatoms. The summed E-state index contributed by atoms with van der Waals surface area (Å²) in [6.45, 7) is 3.06. The molecule has 2 atom stereocenters. The predicted molar refractivity (Wildman–Crippen MR) is 61.7 cm³/mol. The number of nitrogens with two attached hydrogens (primary N) is 1. The summed E-state index contributed by atoms with van der Waals surface area (Å²) < 4.78 is 2.15. The molecule has 1 aliphatic carbocycles. The molecule has 3 nitrogen and oxygen atoms in total. The molecule has 0 aromatic carbocycles. The summed E-state index contributed by atoms with van der Waals surface area (Å²) in [6.07, 6.45) is 10.4. The summed E-state index contributed by atoms with van der Waals surface area (Å²) in [4.78, 5) is 0. The SMILES string of the molecule is CC1CCCC(n2cc(CCN)cn2)C1. The molecule has 2 N–H and O–H groups in total. The van der Waals surface area contributed by atoms with Crippen molar-refractivity contribution in [3.63, 3.8) is 0 Å². The number of rotatable bonds is 3. The van der Waals surface area contributed by atoms with Crippen LogP contribution in [0.2, 0.25) is 0 Å². The highest BCUT2D eigenvalue weighted by Gasteiger charge is 2.20. The highest BCUT2D eigenvalue weighted by Crippen LogP contribution is 2.31. The van der Waals surface area contributed by atoms with Gasteiger partial charge in [-0.1, -0.05) is 19.8 Å². The van der Waals surface area contributed by atoms with Gasteiger partial charge >= 0.3 is 0 Å². The smallest absolute Gasteiger partial charge is 0.0522 e. The zero-order valence-electron chi connectivity index (χ0n) is 9.52. The van der Waals surface area contributed by atoms with Gasteiger partial charge in [0.1, 0.15) is 0 Å². The number of aromatic nitrogens is 2. The van der Waals surface area contributed by atoms with Crippen LogP contribution in [0.3, 0.4) is 0 Å². The van der Waals surface area contributed by atoms with E-state index in [2.05, 4.69) is 22.9 Å². The van der Waals surface area contributed by atoms with E-state index < -0.39 is 0 Å². The average molecular weight is 207 g/mol. The molecule has 1 aromatic rings. The lowest BCUT2D eigenvalue weighted by molar-refractivity contribution is 0.266. The Labute approximate surface area is 91.7 Å². The molecule has 0 saturated heterocycles. The van der Waals surface area contributed by atoms with Gasteiger partial charge in [0.2, 0.25) is 0 Å². The van der Waals surface area contributed by atoms with Gasteiger partial charge in [0.05, 0.1) is 12.2 Å². The summed E-state index contributed by atoms with van der Waals surface area (Å²) in [5.41, 5.74) is 6.81. The highest BCUT2D eigenvalue weighted by molar-refractivity contribution is 5.05. The van der Waals surface area contributed by atoms with Crippen LogP contribution < -0.4 is 5.73 Å². The number of nitrogens with zero attached hydrogens (tertiary/aromatic N) is 2. The van der Waals surface area contributed by atoms with Gasteiger partial charge in [0.15, 0.2) is 0 Å². The van der Waals surface area contributed by atoms with E-state index in [1.807, 2.05) is 6.20 Å². The van der Waals surface area contributed by atoms with E-state index >= 15 is 0 Å².